The molecule has 1 amide bonds. The number of rotatable bonds is 4. The van der Waals surface area contributed by atoms with Crippen molar-refractivity contribution in [3.63, 3.8) is 0 Å². The van der Waals surface area contributed by atoms with Gasteiger partial charge in [0, 0.05) is 12.0 Å². The third-order valence-electron chi connectivity index (χ3n) is 2.62. The van der Waals surface area contributed by atoms with Crippen molar-refractivity contribution in [1.29, 1.82) is 0 Å². The van der Waals surface area contributed by atoms with E-state index in [2.05, 4.69) is 47.2 Å². The Morgan fingerprint density at radius 3 is 2.44 bits per heavy atom. The molecule has 0 aliphatic heterocycles. The van der Waals surface area contributed by atoms with Crippen LogP contribution in [-0.2, 0) is 10.2 Å². The molecule has 0 aromatic heterocycles. The van der Waals surface area contributed by atoms with Crippen molar-refractivity contribution < 1.29 is 4.79 Å². The van der Waals surface area contributed by atoms with Crippen molar-refractivity contribution in [2.45, 2.75) is 31.0 Å². The van der Waals surface area contributed by atoms with Crippen LogP contribution in [0.5, 0.6) is 0 Å². The summed E-state index contributed by atoms with van der Waals surface area (Å²) in [5.74, 6) is 0.0315. The van der Waals surface area contributed by atoms with Gasteiger partial charge in [0.25, 0.3) is 0 Å². The Hall–Kier alpha value is -0.830. The van der Waals surface area contributed by atoms with E-state index in [1.54, 1.807) is 0 Å². The largest absolute Gasteiger partial charge is 0.354 e. The van der Waals surface area contributed by atoms with Crippen LogP contribution in [0, 0.1) is 0 Å². The number of carbonyl (C=O) groups is 1. The normalized spacial score (nSPS) is 13.2. The second kappa shape index (κ2) is 5.48. The molecule has 1 unspecified atom stereocenters. The van der Waals surface area contributed by atoms with Crippen LogP contribution in [0.2, 0.25) is 0 Å². The van der Waals surface area contributed by atoms with Crippen molar-refractivity contribution in [3.05, 3.63) is 35.9 Å². The molecule has 0 aliphatic rings. The van der Waals surface area contributed by atoms with E-state index in [0.29, 0.717) is 6.54 Å². The molecule has 16 heavy (non-hydrogen) atoms. The summed E-state index contributed by atoms with van der Waals surface area (Å²) in [6.45, 7) is 6.72. The Morgan fingerprint density at radius 1 is 1.38 bits per heavy atom. The molecule has 0 fully saturated rings. The Morgan fingerprint density at radius 2 is 1.94 bits per heavy atom. The average molecular weight is 284 g/mol. The van der Waals surface area contributed by atoms with E-state index in [0.717, 1.165) is 0 Å². The van der Waals surface area contributed by atoms with Gasteiger partial charge in [0.05, 0.1) is 4.83 Å². The van der Waals surface area contributed by atoms with Crippen LogP contribution in [-0.4, -0.2) is 17.3 Å². The summed E-state index contributed by atoms with van der Waals surface area (Å²) in [5, 5.41) is 2.94. The van der Waals surface area contributed by atoms with Crippen LogP contribution in [0.15, 0.2) is 30.3 Å². The molecule has 1 N–H and O–H groups in total. The van der Waals surface area contributed by atoms with Crippen LogP contribution in [0.3, 0.4) is 0 Å². The fourth-order valence-electron chi connectivity index (χ4n) is 1.44. The summed E-state index contributed by atoms with van der Waals surface area (Å²) in [7, 11) is 0. The Labute approximate surface area is 106 Å². The summed E-state index contributed by atoms with van der Waals surface area (Å²) in [5.41, 5.74) is 1.19. The first-order valence-corrected chi connectivity index (χ1v) is 6.32. The first-order valence-electron chi connectivity index (χ1n) is 5.41. The molecule has 0 saturated carbocycles. The second-order valence-electron chi connectivity index (χ2n) is 4.58. The lowest BCUT2D eigenvalue weighted by atomic mass is 9.84. The van der Waals surface area contributed by atoms with E-state index in [9.17, 15) is 4.79 Å². The van der Waals surface area contributed by atoms with E-state index < -0.39 is 0 Å². The van der Waals surface area contributed by atoms with E-state index in [1.807, 2.05) is 25.1 Å². The minimum Gasteiger partial charge on any atom is -0.354 e. The summed E-state index contributed by atoms with van der Waals surface area (Å²) < 4.78 is 0. The fourth-order valence-corrected chi connectivity index (χ4v) is 1.60. The number of alkyl halides is 1. The number of halogens is 1. The predicted molar refractivity (Wildman–Crippen MR) is 70.9 cm³/mol. The van der Waals surface area contributed by atoms with Gasteiger partial charge in [-0.15, -0.1) is 0 Å². The van der Waals surface area contributed by atoms with Gasteiger partial charge in [-0.25, -0.2) is 0 Å². The van der Waals surface area contributed by atoms with E-state index in [1.165, 1.54) is 5.56 Å². The fraction of sp³-hybridized carbons (Fsp3) is 0.462. The molecule has 1 aromatic rings. The number of hydrogen-bond acceptors (Lipinski definition) is 1. The van der Waals surface area contributed by atoms with Crippen LogP contribution in [0.25, 0.3) is 0 Å². The van der Waals surface area contributed by atoms with Crippen molar-refractivity contribution in [1.82, 2.24) is 5.32 Å². The quantitative estimate of drug-likeness (QED) is 0.846. The highest BCUT2D eigenvalue weighted by Crippen LogP contribution is 2.21. The zero-order valence-corrected chi connectivity index (χ0v) is 11.5. The minimum absolute atomic E-state index is 0.0315. The topological polar surface area (TPSA) is 29.1 Å². The number of benzene rings is 1. The number of nitrogens with one attached hydrogen (secondary N) is 1. The number of amides is 1. The molecule has 1 aromatic carbocycles. The summed E-state index contributed by atoms with van der Waals surface area (Å²) in [4.78, 5) is 11.3. The molecule has 0 heterocycles. The van der Waals surface area contributed by atoms with Gasteiger partial charge in [-0.1, -0.05) is 60.1 Å². The molecule has 0 bridgehead atoms. The van der Waals surface area contributed by atoms with E-state index in [-0.39, 0.29) is 16.1 Å². The zero-order valence-electron chi connectivity index (χ0n) is 9.96. The first-order chi connectivity index (χ1) is 7.43. The monoisotopic (exact) mass is 283 g/mol. The van der Waals surface area contributed by atoms with Crippen LogP contribution in [0.1, 0.15) is 26.3 Å². The minimum atomic E-state index is -0.140. The molecule has 1 rings (SSSR count). The van der Waals surface area contributed by atoms with Crippen molar-refractivity contribution in [2.24, 2.45) is 0 Å². The van der Waals surface area contributed by atoms with Gasteiger partial charge in [-0.05, 0) is 12.5 Å². The smallest absolute Gasteiger partial charge is 0.233 e. The third kappa shape index (κ3) is 3.63. The van der Waals surface area contributed by atoms with Crippen LogP contribution in [0.4, 0.5) is 0 Å². The maximum absolute atomic E-state index is 11.5. The number of hydrogen-bond donors (Lipinski definition) is 1. The Bertz CT molecular complexity index is 346. The SMILES string of the molecule is CC(Br)C(=O)NCC(C)(C)c1ccccc1. The standard InChI is InChI=1S/C13H18BrNO/c1-10(14)12(16)15-9-13(2,3)11-7-5-4-6-8-11/h4-8,10H,9H2,1-3H3,(H,15,16). The Balaban J connectivity index is 2.63. The zero-order chi connectivity index (χ0) is 12.2. The second-order valence-corrected chi connectivity index (χ2v) is 5.96. The molecular formula is C13H18BrNO. The maximum atomic E-state index is 11.5. The lowest BCUT2D eigenvalue weighted by Gasteiger charge is -2.26. The summed E-state index contributed by atoms with van der Waals surface area (Å²) >= 11 is 3.25. The van der Waals surface area contributed by atoms with Gasteiger partial charge < -0.3 is 5.32 Å². The van der Waals surface area contributed by atoms with E-state index in [4.69, 9.17) is 0 Å². The third-order valence-corrected chi connectivity index (χ3v) is 3.04. The molecule has 0 spiro atoms. The van der Waals surface area contributed by atoms with Gasteiger partial charge in [0.2, 0.25) is 5.91 Å². The molecule has 3 heteroatoms. The molecule has 0 aliphatic carbocycles. The van der Waals surface area contributed by atoms with Gasteiger partial charge in [0.15, 0.2) is 0 Å². The summed E-state index contributed by atoms with van der Waals surface area (Å²) in [6.07, 6.45) is 0. The van der Waals surface area contributed by atoms with Crippen LogP contribution < -0.4 is 5.32 Å². The van der Waals surface area contributed by atoms with Gasteiger partial charge in [0.1, 0.15) is 0 Å². The lowest BCUT2D eigenvalue weighted by Crippen LogP contribution is -2.39. The van der Waals surface area contributed by atoms with Crippen molar-refractivity contribution in [3.8, 4) is 0 Å². The molecule has 0 radical (unpaired) electrons. The molecule has 88 valence electrons. The van der Waals surface area contributed by atoms with Crippen molar-refractivity contribution >= 4 is 21.8 Å². The average Bonchev–Trinajstić information content (AvgIpc) is 2.27. The van der Waals surface area contributed by atoms with Gasteiger partial charge in [-0.2, -0.15) is 0 Å². The van der Waals surface area contributed by atoms with E-state index >= 15 is 0 Å². The lowest BCUT2D eigenvalue weighted by molar-refractivity contribution is -0.120. The van der Waals surface area contributed by atoms with Gasteiger partial charge in [-0.3, -0.25) is 4.79 Å². The van der Waals surface area contributed by atoms with Crippen LogP contribution >= 0.6 is 15.9 Å². The summed E-state index contributed by atoms with van der Waals surface area (Å²) in [6, 6.07) is 10.2. The predicted octanol–water partition coefficient (Wildman–Crippen LogP) is 2.86. The highest BCUT2D eigenvalue weighted by Gasteiger charge is 2.21. The first kappa shape index (κ1) is 13.2. The highest BCUT2D eigenvalue weighted by molar-refractivity contribution is 9.10. The van der Waals surface area contributed by atoms with Crippen molar-refractivity contribution in [2.75, 3.05) is 6.54 Å². The number of carbonyl (C=O) groups excluding carboxylic acids is 1. The molecule has 1 atom stereocenters. The maximum Gasteiger partial charge on any atom is 0.233 e. The Kier molecular flexibility index (Phi) is 4.54. The molecular weight excluding hydrogens is 266 g/mol. The highest BCUT2D eigenvalue weighted by atomic mass is 79.9. The van der Waals surface area contributed by atoms with Gasteiger partial charge >= 0.3 is 0 Å². The molecule has 2 nitrogen and oxygen atoms in total. The molecule has 0 saturated heterocycles.